The summed E-state index contributed by atoms with van der Waals surface area (Å²) in [6, 6.07) is 10.1. The summed E-state index contributed by atoms with van der Waals surface area (Å²) in [5.41, 5.74) is 1.24. The van der Waals surface area contributed by atoms with E-state index in [1.54, 1.807) is 43.4 Å². The van der Waals surface area contributed by atoms with Crippen molar-refractivity contribution < 1.29 is 28.5 Å². The Morgan fingerprint density at radius 1 is 0.964 bits per heavy atom. The van der Waals surface area contributed by atoms with E-state index in [0.717, 1.165) is 5.56 Å². The zero-order chi connectivity index (χ0) is 20.5. The molecule has 0 unspecified atom stereocenters. The first-order valence-corrected chi connectivity index (χ1v) is 8.52. The molecule has 150 valence electrons. The molecule has 28 heavy (non-hydrogen) atoms. The van der Waals surface area contributed by atoms with Gasteiger partial charge in [-0.3, -0.25) is 9.59 Å². The van der Waals surface area contributed by atoms with Crippen molar-refractivity contribution in [2.45, 2.75) is 6.54 Å². The third kappa shape index (κ3) is 5.29. The number of amides is 2. The molecule has 0 aliphatic carbocycles. The SMILES string of the molecule is CNC(=O)c1cccc(OCC(=O)NCc2cc(OC)c(OC)c(OC)c2)c1. The monoisotopic (exact) mass is 388 g/mol. The number of hydrogen-bond donors (Lipinski definition) is 2. The maximum absolute atomic E-state index is 12.1. The summed E-state index contributed by atoms with van der Waals surface area (Å²) in [4.78, 5) is 23.7. The van der Waals surface area contributed by atoms with Gasteiger partial charge in [-0.1, -0.05) is 6.07 Å². The molecule has 0 heterocycles. The molecule has 0 saturated carbocycles. The van der Waals surface area contributed by atoms with E-state index in [4.69, 9.17) is 18.9 Å². The second-order valence-corrected chi connectivity index (χ2v) is 5.71. The van der Waals surface area contributed by atoms with Crippen molar-refractivity contribution in [3.8, 4) is 23.0 Å². The van der Waals surface area contributed by atoms with Crippen LogP contribution in [-0.2, 0) is 11.3 Å². The largest absolute Gasteiger partial charge is 0.493 e. The molecule has 0 spiro atoms. The van der Waals surface area contributed by atoms with Crippen LogP contribution in [0.3, 0.4) is 0 Å². The molecule has 0 bridgehead atoms. The van der Waals surface area contributed by atoms with E-state index < -0.39 is 0 Å². The molecule has 8 nitrogen and oxygen atoms in total. The van der Waals surface area contributed by atoms with E-state index in [9.17, 15) is 9.59 Å². The number of hydrogen-bond acceptors (Lipinski definition) is 6. The van der Waals surface area contributed by atoms with Gasteiger partial charge in [0.15, 0.2) is 18.1 Å². The van der Waals surface area contributed by atoms with E-state index in [1.165, 1.54) is 21.3 Å². The van der Waals surface area contributed by atoms with Crippen molar-refractivity contribution in [3.63, 3.8) is 0 Å². The molecule has 0 aliphatic heterocycles. The van der Waals surface area contributed by atoms with E-state index in [2.05, 4.69) is 10.6 Å². The van der Waals surface area contributed by atoms with E-state index in [1.807, 2.05) is 0 Å². The lowest BCUT2D eigenvalue weighted by atomic mass is 10.1. The lowest BCUT2D eigenvalue weighted by molar-refractivity contribution is -0.123. The van der Waals surface area contributed by atoms with Gasteiger partial charge in [0.2, 0.25) is 5.75 Å². The lowest BCUT2D eigenvalue weighted by Crippen LogP contribution is -2.28. The number of rotatable bonds is 9. The predicted molar refractivity (Wildman–Crippen MR) is 103 cm³/mol. The standard InChI is InChI=1S/C20H24N2O6/c1-21-20(24)14-6-5-7-15(10-14)28-12-18(23)22-11-13-8-16(25-2)19(27-4)17(9-13)26-3/h5-10H,11-12H2,1-4H3,(H,21,24)(H,22,23). The van der Waals surface area contributed by atoms with Crippen LogP contribution in [0.25, 0.3) is 0 Å². The highest BCUT2D eigenvalue weighted by atomic mass is 16.5. The van der Waals surface area contributed by atoms with Gasteiger partial charge in [0.25, 0.3) is 11.8 Å². The number of ether oxygens (including phenoxy) is 4. The Morgan fingerprint density at radius 2 is 1.64 bits per heavy atom. The van der Waals surface area contributed by atoms with Gasteiger partial charge in [-0.15, -0.1) is 0 Å². The molecule has 2 amide bonds. The lowest BCUT2D eigenvalue weighted by Gasteiger charge is -2.14. The summed E-state index contributed by atoms with van der Waals surface area (Å²) in [5, 5.41) is 5.30. The van der Waals surface area contributed by atoms with E-state index in [-0.39, 0.29) is 25.0 Å². The number of carbonyl (C=O) groups excluding carboxylic acids is 2. The molecule has 0 aromatic heterocycles. The molecule has 2 rings (SSSR count). The van der Waals surface area contributed by atoms with Gasteiger partial charge in [0, 0.05) is 19.2 Å². The van der Waals surface area contributed by atoms with Crippen LogP contribution in [0.2, 0.25) is 0 Å². The molecule has 0 atom stereocenters. The number of carbonyl (C=O) groups is 2. The zero-order valence-electron chi connectivity index (χ0n) is 16.3. The van der Waals surface area contributed by atoms with Crippen LogP contribution in [0, 0.1) is 0 Å². The van der Waals surface area contributed by atoms with Crippen molar-refractivity contribution in [1.82, 2.24) is 10.6 Å². The Bertz CT molecular complexity index is 812. The Labute approximate surface area is 163 Å². The second kappa shape index (κ2) is 10.1. The molecule has 2 N–H and O–H groups in total. The smallest absolute Gasteiger partial charge is 0.258 e. The summed E-state index contributed by atoms with van der Waals surface area (Å²) in [6.07, 6.45) is 0. The van der Waals surface area contributed by atoms with Gasteiger partial charge in [-0.2, -0.15) is 0 Å². The third-order valence-electron chi connectivity index (χ3n) is 3.91. The van der Waals surface area contributed by atoms with Gasteiger partial charge >= 0.3 is 0 Å². The number of nitrogens with one attached hydrogen (secondary N) is 2. The summed E-state index contributed by atoms with van der Waals surface area (Å²) >= 11 is 0. The summed E-state index contributed by atoms with van der Waals surface area (Å²) in [7, 11) is 6.13. The van der Waals surface area contributed by atoms with Crippen LogP contribution in [0.1, 0.15) is 15.9 Å². The fourth-order valence-corrected chi connectivity index (χ4v) is 2.51. The van der Waals surface area contributed by atoms with Gasteiger partial charge in [0.05, 0.1) is 21.3 Å². The highest BCUT2D eigenvalue weighted by Crippen LogP contribution is 2.38. The average Bonchev–Trinajstić information content (AvgIpc) is 2.74. The molecule has 8 heteroatoms. The highest BCUT2D eigenvalue weighted by molar-refractivity contribution is 5.94. The zero-order valence-corrected chi connectivity index (χ0v) is 16.3. The maximum atomic E-state index is 12.1. The van der Waals surface area contributed by atoms with Crippen LogP contribution in [0.15, 0.2) is 36.4 Å². The highest BCUT2D eigenvalue weighted by Gasteiger charge is 2.14. The van der Waals surface area contributed by atoms with Crippen LogP contribution >= 0.6 is 0 Å². The second-order valence-electron chi connectivity index (χ2n) is 5.71. The van der Waals surface area contributed by atoms with Crippen molar-refractivity contribution in [2.24, 2.45) is 0 Å². The van der Waals surface area contributed by atoms with Gasteiger partial charge in [-0.25, -0.2) is 0 Å². The summed E-state index contributed by atoms with van der Waals surface area (Å²) in [6.45, 7) is 0.0822. The van der Waals surface area contributed by atoms with Crippen molar-refractivity contribution in [2.75, 3.05) is 35.0 Å². The minimum atomic E-state index is -0.306. The van der Waals surface area contributed by atoms with E-state index >= 15 is 0 Å². The predicted octanol–water partition coefficient (Wildman–Crippen LogP) is 1.77. The average molecular weight is 388 g/mol. The number of methoxy groups -OCH3 is 3. The maximum Gasteiger partial charge on any atom is 0.258 e. The van der Waals surface area contributed by atoms with Gasteiger partial charge < -0.3 is 29.6 Å². The number of benzene rings is 2. The quantitative estimate of drug-likeness (QED) is 0.680. The normalized spacial score (nSPS) is 10.0. The van der Waals surface area contributed by atoms with Gasteiger partial charge in [-0.05, 0) is 35.9 Å². The molecular weight excluding hydrogens is 364 g/mol. The third-order valence-corrected chi connectivity index (χ3v) is 3.91. The molecule has 0 radical (unpaired) electrons. The van der Waals surface area contributed by atoms with Crippen molar-refractivity contribution in [3.05, 3.63) is 47.5 Å². The molecular formula is C20H24N2O6. The van der Waals surface area contributed by atoms with Crippen LogP contribution in [-0.4, -0.2) is 46.8 Å². The molecule has 2 aromatic rings. The van der Waals surface area contributed by atoms with Crippen LogP contribution in [0.4, 0.5) is 0 Å². The first-order valence-electron chi connectivity index (χ1n) is 8.52. The molecule has 0 aliphatic rings. The Hall–Kier alpha value is -3.42. The molecule has 0 fully saturated rings. The first-order chi connectivity index (χ1) is 13.5. The minimum absolute atomic E-state index is 0.179. The minimum Gasteiger partial charge on any atom is -0.493 e. The molecule has 0 saturated heterocycles. The summed E-state index contributed by atoms with van der Waals surface area (Å²) in [5.74, 6) is 1.40. The van der Waals surface area contributed by atoms with Crippen LogP contribution in [0.5, 0.6) is 23.0 Å². The van der Waals surface area contributed by atoms with Crippen molar-refractivity contribution in [1.29, 1.82) is 0 Å². The Kier molecular flexibility index (Phi) is 7.50. The van der Waals surface area contributed by atoms with Crippen molar-refractivity contribution >= 4 is 11.8 Å². The first kappa shape index (κ1) is 20.9. The Morgan fingerprint density at radius 3 is 2.21 bits per heavy atom. The topological polar surface area (TPSA) is 95.1 Å². The Balaban J connectivity index is 1.95. The fraction of sp³-hybridized carbons (Fsp3) is 0.300. The van der Waals surface area contributed by atoms with Crippen LogP contribution < -0.4 is 29.6 Å². The molecule has 2 aromatic carbocycles. The van der Waals surface area contributed by atoms with Gasteiger partial charge in [0.1, 0.15) is 5.75 Å². The van der Waals surface area contributed by atoms with E-state index in [0.29, 0.717) is 28.6 Å². The fourth-order valence-electron chi connectivity index (χ4n) is 2.51. The summed E-state index contributed by atoms with van der Waals surface area (Å²) < 4.78 is 21.3.